The van der Waals surface area contributed by atoms with E-state index in [1.807, 2.05) is 19.9 Å². The van der Waals surface area contributed by atoms with Gasteiger partial charge in [-0.15, -0.1) is 0 Å². The Morgan fingerprint density at radius 3 is 2.58 bits per heavy atom. The van der Waals surface area contributed by atoms with E-state index in [1.54, 1.807) is 54.7 Å². The number of rotatable bonds is 16. The molecule has 55 heavy (non-hydrogen) atoms. The third-order valence-electron chi connectivity index (χ3n) is 9.07. The third-order valence-corrected chi connectivity index (χ3v) is 10.9. The third kappa shape index (κ3) is 10.6. The number of nitrogens with zero attached hydrogens (tertiary/aromatic N) is 3. The zero-order chi connectivity index (χ0) is 38.8. The van der Waals surface area contributed by atoms with E-state index < -0.39 is 40.7 Å². The molecule has 0 unspecified atom stereocenters. The molecule has 0 bridgehead atoms. The van der Waals surface area contributed by atoms with E-state index in [-0.39, 0.29) is 68.8 Å². The van der Waals surface area contributed by atoms with E-state index in [0.29, 0.717) is 36.0 Å². The second kappa shape index (κ2) is 18.5. The average molecular weight is 780 g/mol. The van der Waals surface area contributed by atoms with Crippen molar-refractivity contribution in [3.63, 3.8) is 0 Å². The van der Waals surface area contributed by atoms with Gasteiger partial charge in [-0.3, -0.25) is 0 Å². The van der Waals surface area contributed by atoms with Gasteiger partial charge in [0.1, 0.15) is 24.2 Å². The number of sulfonamides is 1. The fourth-order valence-electron chi connectivity index (χ4n) is 6.39. The van der Waals surface area contributed by atoms with Crippen molar-refractivity contribution in [2.45, 2.75) is 56.1 Å². The molecule has 0 radical (unpaired) electrons. The van der Waals surface area contributed by atoms with Gasteiger partial charge in [-0.1, -0.05) is 44.2 Å². The van der Waals surface area contributed by atoms with E-state index >= 15 is 0 Å². The molecule has 0 spiro atoms. The van der Waals surface area contributed by atoms with Crippen molar-refractivity contribution in [2.75, 3.05) is 46.2 Å². The Kier molecular flexibility index (Phi) is 13.3. The van der Waals surface area contributed by atoms with Crippen molar-refractivity contribution in [3.8, 4) is 29.2 Å². The Morgan fingerprint density at radius 1 is 1.04 bits per heavy atom. The standard InChI is InChI=1S/C38H45N5O11S/c1-25(2)20-43(55(46,47)29-12-13-33-34(19-29)52-24-51-33)21-32(44)31(42-38(45)54-35-22-50-36-30(35)14-16-49-36)18-26-8-10-27(11-9-26)48-17-15-40-37(41-23-39)53-28-6-4-3-5-7-28/h3-13,19,25,30-32,35-36,44H,14-18,20-22,24H2,1-2H3,(H,40,41)(H,42,45)/t30-,31-,32+,35+,36+/m0/s1. The lowest BCUT2D eigenvalue weighted by Crippen LogP contribution is -2.51. The van der Waals surface area contributed by atoms with Gasteiger partial charge in [0, 0.05) is 19.2 Å². The molecule has 3 aromatic carbocycles. The maximum Gasteiger partial charge on any atom is 0.407 e. The Balaban J connectivity index is 1.13. The predicted octanol–water partition coefficient (Wildman–Crippen LogP) is 3.41. The fraction of sp³-hybridized carbons (Fsp3) is 0.447. The van der Waals surface area contributed by atoms with E-state index in [1.165, 1.54) is 22.5 Å². The maximum atomic E-state index is 14.0. The summed E-state index contributed by atoms with van der Waals surface area (Å²) in [7, 11) is -4.11. The van der Waals surface area contributed by atoms with Crippen LogP contribution in [0.1, 0.15) is 25.8 Å². The van der Waals surface area contributed by atoms with Gasteiger partial charge in [-0.2, -0.15) is 9.57 Å². The minimum atomic E-state index is -4.11. The van der Waals surface area contributed by atoms with Gasteiger partial charge in [0.2, 0.25) is 16.8 Å². The molecule has 0 aromatic heterocycles. The second-order valence-corrected chi connectivity index (χ2v) is 15.5. The molecule has 5 atom stereocenters. The number of hydrogen-bond donors (Lipinski definition) is 3. The lowest BCUT2D eigenvalue weighted by molar-refractivity contribution is -0.0907. The van der Waals surface area contributed by atoms with E-state index in [4.69, 9.17) is 38.4 Å². The first-order valence-electron chi connectivity index (χ1n) is 18.0. The largest absolute Gasteiger partial charge is 0.492 e. The average Bonchev–Trinajstić information content (AvgIpc) is 3.93. The number of benzene rings is 3. The number of aliphatic hydroxyl groups is 1. The number of aliphatic hydroxyl groups excluding tert-OH is 1. The Labute approximate surface area is 319 Å². The lowest BCUT2D eigenvalue weighted by Gasteiger charge is -2.31. The molecular weight excluding hydrogens is 735 g/mol. The number of aliphatic imine (C=N–C) groups is 1. The van der Waals surface area contributed by atoms with Crippen LogP contribution in [0.2, 0.25) is 0 Å². The highest BCUT2D eigenvalue weighted by Gasteiger charge is 2.44. The van der Waals surface area contributed by atoms with Crippen LogP contribution in [0.5, 0.6) is 23.0 Å². The number of amidine groups is 1. The Bertz CT molecular complexity index is 1920. The summed E-state index contributed by atoms with van der Waals surface area (Å²) in [5.74, 6) is 1.65. The maximum absolute atomic E-state index is 14.0. The van der Waals surface area contributed by atoms with Crippen molar-refractivity contribution in [2.24, 2.45) is 16.8 Å². The number of carbonyl (C=O) groups excluding carboxylic acids is 1. The number of ether oxygens (including phenoxy) is 7. The van der Waals surface area contributed by atoms with Crippen LogP contribution in [0.25, 0.3) is 0 Å². The SMILES string of the molecule is CC(C)CN(C[C@@H](O)[C@H](Cc1ccc(OCCN=C(NC#N)Oc2ccccc2)cc1)NC(=O)O[C@@H]1CO[C@H]2OCC[C@H]21)S(=O)(=O)c1ccc2c(c1)OCO2. The summed E-state index contributed by atoms with van der Waals surface area (Å²) in [5.41, 5.74) is 0.731. The van der Waals surface area contributed by atoms with Crippen molar-refractivity contribution in [1.82, 2.24) is 14.9 Å². The molecule has 0 saturated carbocycles. The van der Waals surface area contributed by atoms with E-state index in [2.05, 4.69) is 15.6 Å². The predicted molar refractivity (Wildman–Crippen MR) is 197 cm³/mol. The number of amides is 1. The first kappa shape index (κ1) is 39.6. The minimum absolute atomic E-state index is 0.00765. The van der Waals surface area contributed by atoms with Crippen LogP contribution >= 0.6 is 0 Å². The van der Waals surface area contributed by atoms with Crippen LogP contribution in [0.4, 0.5) is 4.79 Å². The molecule has 3 aromatic rings. The van der Waals surface area contributed by atoms with E-state index in [9.17, 15) is 18.3 Å². The Morgan fingerprint density at radius 2 is 1.82 bits per heavy atom. The van der Waals surface area contributed by atoms with Crippen LogP contribution in [0.15, 0.2) is 82.7 Å². The molecule has 3 aliphatic heterocycles. The van der Waals surface area contributed by atoms with Gasteiger partial charge in [-0.05, 0) is 60.7 Å². The van der Waals surface area contributed by atoms with Gasteiger partial charge in [0.05, 0.1) is 42.7 Å². The molecule has 3 heterocycles. The molecule has 3 N–H and O–H groups in total. The van der Waals surface area contributed by atoms with E-state index in [0.717, 1.165) is 5.56 Å². The summed E-state index contributed by atoms with van der Waals surface area (Å²) in [6.45, 7) is 4.62. The number of nitrogens with one attached hydrogen (secondary N) is 2. The molecule has 294 valence electrons. The molecular formula is C38H45N5O11S. The van der Waals surface area contributed by atoms with Crippen molar-refractivity contribution in [1.29, 1.82) is 5.26 Å². The number of fused-ring (bicyclic) bond motifs is 2. The molecule has 1 amide bonds. The highest BCUT2D eigenvalue weighted by atomic mass is 32.2. The molecule has 2 saturated heterocycles. The summed E-state index contributed by atoms with van der Waals surface area (Å²) in [5, 5.41) is 26.0. The van der Waals surface area contributed by atoms with Gasteiger partial charge in [0.15, 0.2) is 24.0 Å². The quantitative estimate of drug-likeness (QED) is 0.0629. The van der Waals surface area contributed by atoms with Crippen LogP contribution < -0.4 is 29.6 Å². The van der Waals surface area contributed by atoms with Gasteiger partial charge < -0.3 is 43.6 Å². The zero-order valence-corrected chi connectivity index (χ0v) is 31.4. The molecule has 16 nitrogen and oxygen atoms in total. The summed E-state index contributed by atoms with van der Waals surface area (Å²) in [6, 6.07) is 19.4. The second-order valence-electron chi connectivity index (χ2n) is 13.6. The fourth-order valence-corrected chi connectivity index (χ4v) is 8.02. The highest BCUT2D eigenvalue weighted by molar-refractivity contribution is 7.89. The highest BCUT2D eigenvalue weighted by Crippen LogP contribution is 2.35. The normalized spacial score (nSPS) is 20.1. The van der Waals surface area contributed by atoms with Crippen LogP contribution in [-0.4, -0.2) is 101 Å². The topological polar surface area (TPSA) is 199 Å². The van der Waals surface area contributed by atoms with Crippen LogP contribution in [-0.2, 0) is 30.7 Å². The monoisotopic (exact) mass is 779 g/mol. The molecule has 2 fully saturated rings. The first-order chi connectivity index (χ1) is 26.6. The molecule has 17 heteroatoms. The molecule has 3 aliphatic rings. The van der Waals surface area contributed by atoms with Gasteiger partial charge >= 0.3 is 12.1 Å². The van der Waals surface area contributed by atoms with Crippen molar-refractivity contribution in [3.05, 3.63) is 78.4 Å². The van der Waals surface area contributed by atoms with Crippen molar-refractivity contribution < 1.29 is 51.5 Å². The summed E-state index contributed by atoms with van der Waals surface area (Å²) in [4.78, 5) is 17.6. The smallest absolute Gasteiger partial charge is 0.407 e. The Hall–Kier alpha value is -5.12. The first-order valence-corrected chi connectivity index (χ1v) is 19.5. The molecule has 0 aliphatic carbocycles. The zero-order valence-electron chi connectivity index (χ0n) is 30.5. The summed E-state index contributed by atoms with van der Waals surface area (Å²) >= 11 is 0. The number of hydrogen-bond acceptors (Lipinski definition) is 13. The van der Waals surface area contributed by atoms with Crippen molar-refractivity contribution >= 4 is 22.1 Å². The van der Waals surface area contributed by atoms with Gasteiger partial charge in [-0.25, -0.2) is 23.5 Å². The summed E-state index contributed by atoms with van der Waals surface area (Å²) in [6.07, 6.45) is -0.419. The number of nitriles is 1. The van der Waals surface area contributed by atoms with Gasteiger partial charge in [0.25, 0.3) is 0 Å². The minimum Gasteiger partial charge on any atom is -0.492 e. The summed E-state index contributed by atoms with van der Waals surface area (Å²) < 4.78 is 68.3. The van der Waals surface area contributed by atoms with Crippen LogP contribution in [0.3, 0.4) is 0 Å². The number of alkyl carbamates (subject to hydrolysis) is 1. The number of carbonyl (C=O) groups is 1. The van der Waals surface area contributed by atoms with Crippen LogP contribution in [0, 0.1) is 23.3 Å². The molecule has 6 rings (SSSR count). The number of para-hydroxylation sites is 1. The lowest BCUT2D eigenvalue weighted by atomic mass is 10.0.